The fourth-order valence-electron chi connectivity index (χ4n) is 1.73. The molecule has 1 heterocycles. The quantitative estimate of drug-likeness (QED) is 0.791. The molecule has 1 aromatic heterocycles. The third-order valence-electron chi connectivity index (χ3n) is 2.51. The van der Waals surface area contributed by atoms with Gasteiger partial charge in [-0.2, -0.15) is 0 Å². The van der Waals surface area contributed by atoms with Crippen LogP contribution in [0, 0.1) is 0 Å². The van der Waals surface area contributed by atoms with Crippen LogP contribution in [0.3, 0.4) is 0 Å². The number of carbonyl (C=O) groups excluding carboxylic acids is 1. The minimum Gasteiger partial charge on any atom is -0.466 e. The third-order valence-corrected chi connectivity index (χ3v) is 2.51. The Morgan fingerprint density at radius 3 is 3.06 bits per heavy atom. The van der Waals surface area contributed by atoms with Crippen LogP contribution >= 0.6 is 0 Å². The summed E-state index contributed by atoms with van der Waals surface area (Å²) in [7, 11) is 0. The number of aliphatic hydroxyl groups is 1. The van der Waals surface area contributed by atoms with Crippen LogP contribution in [0.15, 0.2) is 24.3 Å². The number of hydrogen-bond donors (Lipinski definition) is 1. The molecule has 1 N–H and O–H groups in total. The molecule has 0 saturated heterocycles. The molecule has 0 aliphatic heterocycles. The highest BCUT2D eigenvalue weighted by atomic mass is 16.5. The van der Waals surface area contributed by atoms with Gasteiger partial charge in [-0.05, 0) is 19.1 Å². The molecule has 6 heteroatoms. The van der Waals surface area contributed by atoms with E-state index < -0.39 is 12.1 Å². The third kappa shape index (κ3) is 2.84. The molecule has 0 bridgehead atoms. The second kappa shape index (κ2) is 5.59. The van der Waals surface area contributed by atoms with Gasteiger partial charge in [0.15, 0.2) is 0 Å². The molecule has 0 aliphatic rings. The van der Waals surface area contributed by atoms with Crippen LogP contribution < -0.4 is 0 Å². The van der Waals surface area contributed by atoms with Crippen molar-refractivity contribution < 1.29 is 14.6 Å². The van der Waals surface area contributed by atoms with Gasteiger partial charge in [0.05, 0.1) is 31.2 Å². The maximum absolute atomic E-state index is 11.2. The van der Waals surface area contributed by atoms with Gasteiger partial charge >= 0.3 is 5.97 Å². The molecule has 1 atom stereocenters. The first-order valence-electron chi connectivity index (χ1n) is 5.82. The van der Waals surface area contributed by atoms with E-state index in [9.17, 15) is 9.90 Å². The van der Waals surface area contributed by atoms with Crippen LogP contribution in [0.2, 0.25) is 0 Å². The van der Waals surface area contributed by atoms with Crippen LogP contribution in [-0.4, -0.2) is 38.8 Å². The summed E-state index contributed by atoms with van der Waals surface area (Å²) in [5, 5.41) is 17.7. The average Bonchev–Trinajstić information content (AvgIpc) is 2.73. The van der Waals surface area contributed by atoms with Crippen molar-refractivity contribution in [3.05, 3.63) is 24.3 Å². The van der Waals surface area contributed by atoms with E-state index in [0.29, 0.717) is 6.61 Å². The van der Waals surface area contributed by atoms with E-state index in [2.05, 4.69) is 10.3 Å². The van der Waals surface area contributed by atoms with E-state index in [1.54, 1.807) is 11.6 Å². The maximum atomic E-state index is 11.2. The number of esters is 1. The van der Waals surface area contributed by atoms with Gasteiger partial charge in [-0.1, -0.05) is 17.3 Å². The summed E-state index contributed by atoms with van der Waals surface area (Å²) in [6, 6.07) is 7.46. The molecule has 2 aromatic rings. The molecule has 0 spiro atoms. The van der Waals surface area contributed by atoms with Gasteiger partial charge in [0.2, 0.25) is 0 Å². The second-order valence-electron chi connectivity index (χ2n) is 3.92. The summed E-state index contributed by atoms with van der Waals surface area (Å²) in [5.41, 5.74) is 1.60. The summed E-state index contributed by atoms with van der Waals surface area (Å²) in [4.78, 5) is 11.2. The number of nitrogens with zero attached hydrogens (tertiary/aromatic N) is 3. The van der Waals surface area contributed by atoms with Crippen LogP contribution in [0.25, 0.3) is 11.0 Å². The highest BCUT2D eigenvalue weighted by Gasteiger charge is 2.14. The van der Waals surface area contributed by atoms with E-state index in [4.69, 9.17) is 4.74 Å². The summed E-state index contributed by atoms with van der Waals surface area (Å²) in [6.45, 7) is 2.27. The average molecular weight is 249 g/mol. The number of hydrogen-bond acceptors (Lipinski definition) is 5. The lowest BCUT2D eigenvalue weighted by atomic mass is 10.2. The molecule has 6 nitrogen and oxygen atoms in total. The normalized spacial score (nSPS) is 12.6. The van der Waals surface area contributed by atoms with E-state index in [0.717, 1.165) is 11.0 Å². The number of rotatable bonds is 5. The predicted molar refractivity (Wildman–Crippen MR) is 64.8 cm³/mol. The fourth-order valence-corrected chi connectivity index (χ4v) is 1.73. The standard InChI is InChI=1S/C12H15N3O3/c1-2-18-12(17)7-9(16)8-15-11-6-4-3-5-10(11)13-14-15/h3-6,9,16H,2,7-8H2,1H3. The SMILES string of the molecule is CCOC(=O)CC(O)Cn1nnc2ccccc21. The first-order valence-corrected chi connectivity index (χ1v) is 5.82. The molecule has 1 aromatic carbocycles. The lowest BCUT2D eigenvalue weighted by Gasteiger charge is -2.09. The number of para-hydroxylation sites is 1. The first-order chi connectivity index (χ1) is 8.70. The Hall–Kier alpha value is -1.95. The lowest BCUT2D eigenvalue weighted by molar-refractivity contribution is -0.145. The van der Waals surface area contributed by atoms with Crippen LogP contribution in [-0.2, 0) is 16.1 Å². The van der Waals surface area contributed by atoms with Crippen molar-refractivity contribution in [1.29, 1.82) is 0 Å². The van der Waals surface area contributed by atoms with Crippen LogP contribution in [0.5, 0.6) is 0 Å². The molecule has 1 unspecified atom stereocenters. The molecule has 2 rings (SSSR count). The molecule has 96 valence electrons. The van der Waals surface area contributed by atoms with E-state index in [-0.39, 0.29) is 13.0 Å². The minimum atomic E-state index is -0.825. The Morgan fingerprint density at radius 1 is 1.50 bits per heavy atom. The largest absolute Gasteiger partial charge is 0.466 e. The molecule has 0 amide bonds. The van der Waals surface area contributed by atoms with E-state index in [1.165, 1.54) is 0 Å². The highest BCUT2D eigenvalue weighted by molar-refractivity contribution is 5.74. The Kier molecular flexibility index (Phi) is 3.88. The first kappa shape index (κ1) is 12.5. The van der Waals surface area contributed by atoms with Crippen molar-refractivity contribution in [3.8, 4) is 0 Å². The summed E-state index contributed by atoms with van der Waals surface area (Å²) in [5.74, 6) is -0.408. The number of aliphatic hydroxyl groups excluding tert-OH is 1. The van der Waals surface area contributed by atoms with Crippen LogP contribution in [0.1, 0.15) is 13.3 Å². The summed E-state index contributed by atoms with van der Waals surface area (Å²) in [6.07, 6.45) is -0.865. The van der Waals surface area contributed by atoms with Crippen molar-refractivity contribution in [2.24, 2.45) is 0 Å². The van der Waals surface area contributed by atoms with Crippen molar-refractivity contribution >= 4 is 17.0 Å². The van der Waals surface area contributed by atoms with Gasteiger partial charge in [0.25, 0.3) is 0 Å². The molecule has 0 radical (unpaired) electrons. The zero-order valence-electron chi connectivity index (χ0n) is 10.1. The van der Waals surface area contributed by atoms with Gasteiger partial charge in [-0.15, -0.1) is 5.10 Å². The summed E-state index contributed by atoms with van der Waals surface area (Å²) >= 11 is 0. The van der Waals surface area contributed by atoms with Crippen molar-refractivity contribution in [2.45, 2.75) is 26.0 Å². The smallest absolute Gasteiger partial charge is 0.308 e. The Labute approximate surface area is 104 Å². The van der Waals surface area contributed by atoms with Crippen molar-refractivity contribution in [3.63, 3.8) is 0 Å². The van der Waals surface area contributed by atoms with Gasteiger partial charge in [-0.25, -0.2) is 4.68 Å². The number of ether oxygens (including phenoxy) is 1. The molecule has 0 aliphatic carbocycles. The zero-order chi connectivity index (χ0) is 13.0. The molecular formula is C12H15N3O3. The lowest BCUT2D eigenvalue weighted by Crippen LogP contribution is -2.21. The van der Waals surface area contributed by atoms with Gasteiger partial charge in [-0.3, -0.25) is 4.79 Å². The monoisotopic (exact) mass is 249 g/mol. The minimum absolute atomic E-state index is 0.0397. The van der Waals surface area contributed by atoms with Crippen molar-refractivity contribution in [1.82, 2.24) is 15.0 Å². The summed E-state index contributed by atoms with van der Waals surface area (Å²) < 4.78 is 6.36. The molecule has 18 heavy (non-hydrogen) atoms. The van der Waals surface area contributed by atoms with E-state index in [1.807, 2.05) is 24.3 Å². The highest BCUT2D eigenvalue weighted by Crippen LogP contribution is 2.10. The second-order valence-corrected chi connectivity index (χ2v) is 3.92. The molecular weight excluding hydrogens is 234 g/mol. The number of fused-ring (bicyclic) bond motifs is 1. The Morgan fingerprint density at radius 2 is 2.28 bits per heavy atom. The van der Waals surface area contributed by atoms with Crippen molar-refractivity contribution in [2.75, 3.05) is 6.61 Å². The van der Waals surface area contributed by atoms with Crippen LogP contribution in [0.4, 0.5) is 0 Å². The Balaban J connectivity index is 2.03. The fraction of sp³-hybridized carbons (Fsp3) is 0.417. The predicted octanol–water partition coefficient (Wildman–Crippen LogP) is 0.745. The van der Waals surface area contributed by atoms with Gasteiger partial charge in [0, 0.05) is 0 Å². The maximum Gasteiger partial charge on any atom is 0.308 e. The topological polar surface area (TPSA) is 77.2 Å². The number of benzene rings is 1. The van der Waals surface area contributed by atoms with Gasteiger partial charge in [0.1, 0.15) is 5.52 Å². The van der Waals surface area contributed by atoms with Gasteiger partial charge < -0.3 is 9.84 Å². The molecule has 0 fully saturated rings. The van der Waals surface area contributed by atoms with E-state index >= 15 is 0 Å². The Bertz CT molecular complexity index is 538. The number of carbonyl (C=O) groups is 1. The number of aromatic nitrogens is 3. The molecule has 0 saturated carbocycles. The zero-order valence-corrected chi connectivity index (χ0v) is 10.1.